The molecule has 1 aromatic carbocycles. The number of hydrogen-bond donors (Lipinski definition) is 2. The molecule has 3 N–H and O–H groups in total. The van der Waals surface area contributed by atoms with Gasteiger partial charge in [0.15, 0.2) is 0 Å². The van der Waals surface area contributed by atoms with Crippen LogP contribution >= 0.6 is 11.3 Å². The summed E-state index contributed by atoms with van der Waals surface area (Å²) in [4.78, 5) is 5.32. The van der Waals surface area contributed by atoms with Gasteiger partial charge in [-0.2, -0.15) is 0 Å². The van der Waals surface area contributed by atoms with Crippen LogP contribution in [0.2, 0.25) is 0 Å². The van der Waals surface area contributed by atoms with Crippen LogP contribution in [0.3, 0.4) is 0 Å². The molecule has 1 aromatic heterocycles. The monoisotopic (exact) mass is 234 g/mol. The molecule has 0 saturated carbocycles. The Morgan fingerprint density at radius 3 is 2.69 bits per heavy atom. The van der Waals surface area contributed by atoms with E-state index in [0.717, 1.165) is 21.1 Å². The second-order valence-electron chi connectivity index (χ2n) is 3.59. The van der Waals surface area contributed by atoms with E-state index in [1.165, 1.54) is 11.3 Å². The molecule has 0 aliphatic heterocycles. The Morgan fingerprint density at radius 1 is 1.38 bits per heavy atom. The van der Waals surface area contributed by atoms with E-state index >= 15 is 0 Å². The standard InChI is InChI=1S/C12H14N2OS/c1-8-11(10(15)7-13)16-12(14-8)9-5-3-2-4-6-9/h2-6,10,15H,7,13H2,1H3. The molecular weight excluding hydrogens is 220 g/mol. The molecule has 4 heteroatoms. The maximum atomic E-state index is 9.72. The highest BCUT2D eigenvalue weighted by Crippen LogP contribution is 2.31. The van der Waals surface area contributed by atoms with Gasteiger partial charge in [-0.25, -0.2) is 4.98 Å². The zero-order valence-electron chi connectivity index (χ0n) is 9.05. The Kier molecular flexibility index (Phi) is 3.33. The van der Waals surface area contributed by atoms with Gasteiger partial charge in [0.05, 0.1) is 10.6 Å². The van der Waals surface area contributed by atoms with Crippen LogP contribution in [0.4, 0.5) is 0 Å². The lowest BCUT2D eigenvalue weighted by Crippen LogP contribution is -2.10. The SMILES string of the molecule is Cc1nc(-c2ccccc2)sc1C(O)CN. The van der Waals surface area contributed by atoms with Crippen LogP contribution in [-0.4, -0.2) is 16.6 Å². The first-order chi connectivity index (χ1) is 7.72. The van der Waals surface area contributed by atoms with Crippen molar-refractivity contribution in [3.05, 3.63) is 40.9 Å². The van der Waals surface area contributed by atoms with Gasteiger partial charge in [0.2, 0.25) is 0 Å². The van der Waals surface area contributed by atoms with Crippen LogP contribution in [0.15, 0.2) is 30.3 Å². The zero-order chi connectivity index (χ0) is 11.5. The summed E-state index contributed by atoms with van der Waals surface area (Å²) in [6, 6.07) is 9.95. The van der Waals surface area contributed by atoms with Crippen LogP contribution in [0.25, 0.3) is 10.6 Å². The second kappa shape index (κ2) is 4.74. The smallest absolute Gasteiger partial charge is 0.123 e. The summed E-state index contributed by atoms with van der Waals surface area (Å²) in [5, 5.41) is 10.6. The van der Waals surface area contributed by atoms with Crippen molar-refractivity contribution in [1.82, 2.24) is 4.98 Å². The third-order valence-corrected chi connectivity index (χ3v) is 3.69. The maximum Gasteiger partial charge on any atom is 0.123 e. The van der Waals surface area contributed by atoms with E-state index in [9.17, 15) is 5.11 Å². The Balaban J connectivity index is 2.38. The summed E-state index contributed by atoms with van der Waals surface area (Å²) in [7, 11) is 0. The van der Waals surface area contributed by atoms with Gasteiger partial charge < -0.3 is 10.8 Å². The minimum Gasteiger partial charge on any atom is -0.386 e. The van der Waals surface area contributed by atoms with Gasteiger partial charge >= 0.3 is 0 Å². The molecule has 2 aromatic rings. The molecule has 0 amide bonds. The first kappa shape index (κ1) is 11.3. The number of rotatable bonds is 3. The van der Waals surface area contributed by atoms with Crippen LogP contribution in [-0.2, 0) is 0 Å². The average molecular weight is 234 g/mol. The lowest BCUT2D eigenvalue weighted by Gasteiger charge is -2.03. The third-order valence-electron chi connectivity index (χ3n) is 2.38. The molecule has 0 bridgehead atoms. The second-order valence-corrected chi connectivity index (χ2v) is 4.62. The molecule has 0 aliphatic rings. The lowest BCUT2D eigenvalue weighted by atomic mass is 10.2. The molecule has 0 aliphatic carbocycles. The van der Waals surface area contributed by atoms with E-state index in [0.29, 0.717) is 0 Å². The summed E-state index contributed by atoms with van der Waals surface area (Å²) in [6.07, 6.45) is -0.602. The summed E-state index contributed by atoms with van der Waals surface area (Å²) >= 11 is 1.50. The normalized spacial score (nSPS) is 12.7. The number of nitrogens with zero attached hydrogens (tertiary/aromatic N) is 1. The van der Waals surface area contributed by atoms with Crippen LogP contribution in [0.1, 0.15) is 16.7 Å². The molecule has 3 nitrogen and oxygen atoms in total. The molecule has 0 fully saturated rings. The fraction of sp³-hybridized carbons (Fsp3) is 0.250. The van der Waals surface area contributed by atoms with E-state index in [4.69, 9.17) is 5.73 Å². The number of aryl methyl sites for hydroxylation is 1. The fourth-order valence-electron chi connectivity index (χ4n) is 1.53. The summed E-state index contributed by atoms with van der Waals surface area (Å²) in [6.45, 7) is 2.13. The van der Waals surface area contributed by atoms with Crippen molar-refractivity contribution >= 4 is 11.3 Å². The van der Waals surface area contributed by atoms with E-state index in [2.05, 4.69) is 4.98 Å². The Morgan fingerprint density at radius 2 is 2.06 bits per heavy atom. The van der Waals surface area contributed by atoms with Gasteiger partial charge in [-0.05, 0) is 6.92 Å². The number of aromatic nitrogens is 1. The van der Waals surface area contributed by atoms with Crippen LogP contribution < -0.4 is 5.73 Å². The van der Waals surface area contributed by atoms with E-state index in [1.54, 1.807) is 0 Å². The number of aliphatic hydroxyl groups is 1. The highest BCUT2D eigenvalue weighted by atomic mass is 32.1. The van der Waals surface area contributed by atoms with Crippen molar-refractivity contribution in [2.45, 2.75) is 13.0 Å². The number of hydrogen-bond acceptors (Lipinski definition) is 4. The highest BCUT2D eigenvalue weighted by molar-refractivity contribution is 7.15. The van der Waals surface area contributed by atoms with E-state index in [-0.39, 0.29) is 6.54 Å². The maximum absolute atomic E-state index is 9.72. The molecule has 0 saturated heterocycles. The van der Waals surface area contributed by atoms with Crippen molar-refractivity contribution in [2.75, 3.05) is 6.54 Å². The van der Waals surface area contributed by atoms with Crippen LogP contribution in [0.5, 0.6) is 0 Å². The fourth-order valence-corrected chi connectivity index (χ4v) is 2.60. The molecule has 0 radical (unpaired) electrons. The van der Waals surface area contributed by atoms with Gasteiger partial charge in [0, 0.05) is 12.1 Å². The van der Waals surface area contributed by atoms with E-state index < -0.39 is 6.10 Å². The summed E-state index contributed by atoms with van der Waals surface area (Å²) in [5.41, 5.74) is 7.39. The Bertz CT molecular complexity index is 467. The van der Waals surface area contributed by atoms with Crippen molar-refractivity contribution < 1.29 is 5.11 Å². The van der Waals surface area contributed by atoms with Crippen molar-refractivity contribution in [2.24, 2.45) is 5.73 Å². The minimum absolute atomic E-state index is 0.233. The molecule has 1 atom stereocenters. The van der Waals surface area contributed by atoms with Crippen molar-refractivity contribution in [3.63, 3.8) is 0 Å². The molecule has 2 rings (SSSR count). The first-order valence-corrected chi connectivity index (χ1v) is 5.95. The number of aliphatic hydroxyl groups excluding tert-OH is 1. The lowest BCUT2D eigenvalue weighted by molar-refractivity contribution is 0.189. The van der Waals surface area contributed by atoms with Gasteiger partial charge in [-0.15, -0.1) is 11.3 Å². The molecule has 1 unspecified atom stereocenters. The van der Waals surface area contributed by atoms with Crippen LogP contribution in [0, 0.1) is 6.92 Å². The van der Waals surface area contributed by atoms with Gasteiger partial charge in [-0.1, -0.05) is 30.3 Å². The average Bonchev–Trinajstić information content (AvgIpc) is 2.71. The molecular formula is C12H14N2OS. The Hall–Kier alpha value is -1.23. The predicted octanol–water partition coefficient (Wildman–Crippen LogP) is 2.11. The first-order valence-electron chi connectivity index (χ1n) is 5.13. The topological polar surface area (TPSA) is 59.1 Å². The van der Waals surface area contributed by atoms with E-state index in [1.807, 2.05) is 37.3 Å². The predicted molar refractivity (Wildman–Crippen MR) is 66.3 cm³/mol. The third kappa shape index (κ3) is 2.14. The minimum atomic E-state index is -0.602. The molecule has 1 heterocycles. The quantitative estimate of drug-likeness (QED) is 0.855. The largest absolute Gasteiger partial charge is 0.386 e. The number of thiazole rings is 1. The van der Waals surface area contributed by atoms with Gasteiger partial charge in [0.1, 0.15) is 11.1 Å². The Labute approximate surface area is 98.6 Å². The van der Waals surface area contributed by atoms with Crippen molar-refractivity contribution in [3.8, 4) is 10.6 Å². The summed E-state index contributed by atoms with van der Waals surface area (Å²) in [5.74, 6) is 0. The zero-order valence-corrected chi connectivity index (χ0v) is 9.87. The molecule has 16 heavy (non-hydrogen) atoms. The molecule has 84 valence electrons. The van der Waals surface area contributed by atoms with Gasteiger partial charge in [-0.3, -0.25) is 0 Å². The molecule has 0 spiro atoms. The number of benzene rings is 1. The summed E-state index contributed by atoms with van der Waals surface area (Å²) < 4.78 is 0. The highest BCUT2D eigenvalue weighted by Gasteiger charge is 2.15. The van der Waals surface area contributed by atoms with Crippen molar-refractivity contribution in [1.29, 1.82) is 0 Å². The van der Waals surface area contributed by atoms with Gasteiger partial charge in [0.25, 0.3) is 0 Å². The number of nitrogens with two attached hydrogens (primary N) is 1.